The summed E-state index contributed by atoms with van der Waals surface area (Å²) in [5.41, 5.74) is 7.00. The van der Waals surface area contributed by atoms with Gasteiger partial charge in [0.15, 0.2) is 0 Å². The molecule has 0 bridgehead atoms. The van der Waals surface area contributed by atoms with Crippen molar-refractivity contribution in [3.8, 4) is 0 Å². The summed E-state index contributed by atoms with van der Waals surface area (Å²) < 4.78 is 0. The Morgan fingerprint density at radius 1 is 1.25 bits per heavy atom. The van der Waals surface area contributed by atoms with Gasteiger partial charge in [0.1, 0.15) is 0 Å². The molecule has 1 fully saturated rings. The minimum Gasteiger partial charge on any atom is -0.367 e. The van der Waals surface area contributed by atoms with Crippen molar-refractivity contribution in [1.29, 1.82) is 0 Å². The largest absolute Gasteiger partial charge is 0.367 e. The van der Waals surface area contributed by atoms with Gasteiger partial charge < -0.3 is 4.90 Å². The van der Waals surface area contributed by atoms with E-state index in [2.05, 4.69) is 42.7 Å². The standard InChI is InChI=1S/C15H17N/c1-11-6-5-9-16-10-13-7-3-4-8-14(13)12(2)15(11)16/h3-4,7-8H,1,5-6,9-10H2,2H3. The molecule has 0 N–H and O–H groups in total. The summed E-state index contributed by atoms with van der Waals surface area (Å²) in [5.74, 6) is 0. The van der Waals surface area contributed by atoms with Crippen LogP contribution in [0.15, 0.2) is 42.1 Å². The second-order valence-electron chi connectivity index (χ2n) is 4.76. The summed E-state index contributed by atoms with van der Waals surface area (Å²) in [5, 5.41) is 0. The molecule has 16 heavy (non-hydrogen) atoms. The quantitative estimate of drug-likeness (QED) is 0.634. The maximum atomic E-state index is 4.22. The van der Waals surface area contributed by atoms with Gasteiger partial charge >= 0.3 is 0 Å². The molecule has 2 aliphatic rings. The van der Waals surface area contributed by atoms with Gasteiger partial charge in [-0.2, -0.15) is 0 Å². The molecule has 0 amide bonds. The fourth-order valence-corrected chi connectivity index (χ4v) is 2.95. The van der Waals surface area contributed by atoms with Crippen LogP contribution in [0.25, 0.3) is 5.57 Å². The van der Waals surface area contributed by atoms with Crippen molar-refractivity contribution in [2.45, 2.75) is 26.3 Å². The van der Waals surface area contributed by atoms with Gasteiger partial charge in [0.05, 0.1) is 0 Å². The molecule has 1 heteroatoms. The van der Waals surface area contributed by atoms with Crippen molar-refractivity contribution in [1.82, 2.24) is 4.90 Å². The van der Waals surface area contributed by atoms with Crippen molar-refractivity contribution < 1.29 is 0 Å². The minimum absolute atomic E-state index is 1.06. The Hall–Kier alpha value is -1.50. The maximum absolute atomic E-state index is 4.22. The molecule has 0 saturated carbocycles. The minimum atomic E-state index is 1.06. The van der Waals surface area contributed by atoms with Gasteiger partial charge in [-0.3, -0.25) is 0 Å². The molecule has 0 aromatic heterocycles. The van der Waals surface area contributed by atoms with Crippen LogP contribution in [0.3, 0.4) is 0 Å². The number of allylic oxidation sites excluding steroid dienone is 2. The predicted octanol–water partition coefficient (Wildman–Crippen LogP) is 3.58. The van der Waals surface area contributed by atoms with E-state index in [0.29, 0.717) is 0 Å². The molecule has 1 aromatic carbocycles. The van der Waals surface area contributed by atoms with E-state index >= 15 is 0 Å². The number of fused-ring (bicyclic) bond motifs is 2. The van der Waals surface area contributed by atoms with Crippen LogP contribution >= 0.6 is 0 Å². The second kappa shape index (κ2) is 3.51. The Labute approximate surface area is 97.1 Å². The van der Waals surface area contributed by atoms with E-state index in [9.17, 15) is 0 Å². The molecule has 0 atom stereocenters. The average molecular weight is 211 g/mol. The van der Waals surface area contributed by atoms with E-state index in [0.717, 1.165) is 13.0 Å². The van der Waals surface area contributed by atoms with Crippen molar-refractivity contribution in [3.63, 3.8) is 0 Å². The summed E-state index contributed by atoms with van der Waals surface area (Å²) in [4.78, 5) is 2.49. The molecule has 1 aromatic rings. The summed E-state index contributed by atoms with van der Waals surface area (Å²) in [6.45, 7) is 8.69. The number of hydrogen-bond acceptors (Lipinski definition) is 1. The van der Waals surface area contributed by atoms with Crippen LogP contribution in [0, 0.1) is 0 Å². The third kappa shape index (κ3) is 1.31. The summed E-state index contributed by atoms with van der Waals surface area (Å²) in [6, 6.07) is 8.74. The van der Waals surface area contributed by atoms with Crippen LogP contribution in [0.5, 0.6) is 0 Å². The van der Waals surface area contributed by atoms with Gasteiger partial charge in [-0.1, -0.05) is 30.8 Å². The van der Waals surface area contributed by atoms with Crippen LogP contribution < -0.4 is 0 Å². The first kappa shape index (κ1) is 9.71. The number of piperidine rings is 1. The monoisotopic (exact) mass is 211 g/mol. The summed E-state index contributed by atoms with van der Waals surface area (Å²) in [7, 11) is 0. The second-order valence-corrected chi connectivity index (χ2v) is 4.76. The highest BCUT2D eigenvalue weighted by atomic mass is 15.1. The Kier molecular flexibility index (Phi) is 2.13. The lowest BCUT2D eigenvalue weighted by Crippen LogP contribution is -2.32. The first-order valence-electron chi connectivity index (χ1n) is 5.99. The SMILES string of the molecule is C=C1CCCN2Cc3ccccc3C(C)=C12. The van der Waals surface area contributed by atoms with E-state index in [1.807, 2.05) is 0 Å². The first-order chi connectivity index (χ1) is 7.77. The van der Waals surface area contributed by atoms with Crippen LogP contribution in [0.4, 0.5) is 0 Å². The Balaban J connectivity index is 2.18. The molecule has 0 aliphatic carbocycles. The summed E-state index contributed by atoms with van der Waals surface area (Å²) in [6.07, 6.45) is 2.41. The van der Waals surface area contributed by atoms with Crippen molar-refractivity contribution >= 4 is 5.57 Å². The van der Waals surface area contributed by atoms with Gasteiger partial charge in [-0.15, -0.1) is 0 Å². The lowest BCUT2D eigenvalue weighted by Gasteiger charge is -2.38. The van der Waals surface area contributed by atoms with E-state index in [1.165, 1.54) is 40.9 Å². The number of nitrogens with zero attached hydrogens (tertiary/aromatic N) is 1. The zero-order valence-corrected chi connectivity index (χ0v) is 9.79. The molecule has 0 unspecified atom stereocenters. The Morgan fingerprint density at radius 2 is 2.06 bits per heavy atom. The highest BCUT2D eigenvalue weighted by Gasteiger charge is 2.26. The number of rotatable bonds is 0. The predicted molar refractivity (Wildman–Crippen MR) is 67.8 cm³/mol. The van der Waals surface area contributed by atoms with Gasteiger partial charge in [-0.05, 0) is 42.0 Å². The van der Waals surface area contributed by atoms with Gasteiger partial charge in [-0.25, -0.2) is 0 Å². The number of benzene rings is 1. The molecule has 2 aliphatic heterocycles. The summed E-state index contributed by atoms with van der Waals surface area (Å²) >= 11 is 0. The first-order valence-corrected chi connectivity index (χ1v) is 5.99. The normalized spacial score (nSPS) is 19.6. The molecule has 0 spiro atoms. The third-order valence-corrected chi connectivity index (χ3v) is 3.70. The topological polar surface area (TPSA) is 3.24 Å². The highest BCUT2D eigenvalue weighted by Crippen LogP contribution is 2.38. The Morgan fingerprint density at radius 3 is 2.94 bits per heavy atom. The molecule has 2 heterocycles. The van der Waals surface area contributed by atoms with Crippen LogP contribution in [-0.2, 0) is 6.54 Å². The zero-order chi connectivity index (χ0) is 11.1. The van der Waals surface area contributed by atoms with Gasteiger partial charge in [0.2, 0.25) is 0 Å². The average Bonchev–Trinajstić information content (AvgIpc) is 2.29. The van der Waals surface area contributed by atoms with Gasteiger partial charge in [0.25, 0.3) is 0 Å². The fourth-order valence-electron chi connectivity index (χ4n) is 2.95. The molecule has 3 rings (SSSR count). The number of hydrogen-bond donors (Lipinski definition) is 0. The van der Waals surface area contributed by atoms with E-state index in [4.69, 9.17) is 0 Å². The van der Waals surface area contributed by atoms with Crippen LogP contribution in [0.1, 0.15) is 30.9 Å². The lowest BCUT2D eigenvalue weighted by molar-refractivity contribution is 0.310. The molecule has 0 radical (unpaired) electrons. The fraction of sp³-hybridized carbons (Fsp3) is 0.333. The molecule has 1 nitrogen and oxygen atoms in total. The highest BCUT2D eigenvalue weighted by molar-refractivity contribution is 5.74. The van der Waals surface area contributed by atoms with Crippen LogP contribution in [-0.4, -0.2) is 11.4 Å². The maximum Gasteiger partial charge on any atom is 0.0435 e. The lowest BCUT2D eigenvalue weighted by atomic mass is 9.88. The van der Waals surface area contributed by atoms with Crippen molar-refractivity contribution in [2.24, 2.45) is 0 Å². The van der Waals surface area contributed by atoms with E-state index in [-0.39, 0.29) is 0 Å². The molecular weight excluding hydrogens is 194 g/mol. The molecule has 82 valence electrons. The Bertz CT molecular complexity index is 482. The smallest absolute Gasteiger partial charge is 0.0435 e. The zero-order valence-electron chi connectivity index (χ0n) is 9.79. The van der Waals surface area contributed by atoms with Crippen LogP contribution in [0.2, 0.25) is 0 Å². The van der Waals surface area contributed by atoms with E-state index < -0.39 is 0 Å². The molecular formula is C15H17N. The van der Waals surface area contributed by atoms with Gasteiger partial charge in [0, 0.05) is 18.8 Å². The van der Waals surface area contributed by atoms with E-state index in [1.54, 1.807) is 0 Å². The third-order valence-electron chi connectivity index (χ3n) is 3.70. The van der Waals surface area contributed by atoms with Crippen molar-refractivity contribution in [2.75, 3.05) is 6.54 Å². The van der Waals surface area contributed by atoms with Crippen molar-refractivity contribution in [3.05, 3.63) is 53.2 Å². The molecule has 1 saturated heterocycles.